The monoisotopic (exact) mass is 277 g/mol. The van der Waals surface area contributed by atoms with Crippen LogP contribution < -0.4 is 5.32 Å². The van der Waals surface area contributed by atoms with Gasteiger partial charge in [0.05, 0.1) is 9.75 Å². The van der Waals surface area contributed by atoms with E-state index in [9.17, 15) is 4.79 Å². The highest BCUT2D eigenvalue weighted by Gasteiger charge is 2.31. The number of aliphatic hydroxyl groups excluding tert-OH is 1. The number of thiophene rings is 1. The van der Waals surface area contributed by atoms with Crippen molar-refractivity contribution in [3.8, 4) is 11.8 Å². The van der Waals surface area contributed by atoms with Crippen LogP contribution in [0, 0.1) is 23.7 Å². The lowest BCUT2D eigenvalue weighted by molar-refractivity contribution is 0.0931. The molecule has 1 aromatic rings. The molecule has 1 fully saturated rings. The van der Waals surface area contributed by atoms with E-state index in [0.717, 1.165) is 11.3 Å². The van der Waals surface area contributed by atoms with Gasteiger partial charge in [0, 0.05) is 6.04 Å². The van der Waals surface area contributed by atoms with Gasteiger partial charge in [0.1, 0.15) is 6.61 Å². The smallest absolute Gasteiger partial charge is 0.261 e. The van der Waals surface area contributed by atoms with Crippen LogP contribution >= 0.6 is 11.3 Å². The summed E-state index contributed by atoms with van der Waals surface area (Å²) < 4.78 is 0. The summed E-state index contributed by atoms with van der Waals surface area (Å²) in [7, 11) is 0. The Labute approximate surface area is 118 Å². The SMILES string of the molecule is CC1CCC(NC(=O)c2ccc(C#CCO)s2)C1C. The van der Waals surface area contributed by atoms with Gasteiger partial charge in [0.15, 0.2) is 0 Å². The van der Waals surface area contributed by atoms with E-state index in [0.29, 0.717) is 16.7 Å². The third-order valence-electron chi connectivity index (χ3n) is 3.90. The third kappa shape index (κ3) is 3.37. The third-order valence-corrected chi connectivity index (χ3v) is 4.90. The van der Waals surface area contributed by atoms with Crippen LogP contribution in [0.25, 0.3) is 0 Å². The van der Waals surface area contributed by atoms with E-state index >= 15 is 0 Å². The van der Waals surface area contributed by atoms with Crippen molar-refractivity contribution in [1.82, 2.24) is 5.32 Å². The highest BCUT2D eigenvalue weighted by atomic mass is 32.1. The molecule has 0 radical (unpaired) electrons. The van der Waals surface area contributed by atoms with E-state index in [1.165, 1.54) is 17.8 Å². The Kier molecular flexibility index (Phi) is 4.62. The molecule has 1 amide bonds. The molecule has 3 nitrogen and oxygen atoms in total. The average molecular weight is 277 g/mol. The zero-order valence-corrected chi connectivity index (χ0v) is 12.1. The van der Waals surface area contributed by atoms with Gasteiger partial charge in [-0.3, -0.25) is 4.79 Å². The number of nitrogens with one attached hydrogen (secondary N) is 1. The maximum atomic E-state index is 12.1. The number of amides is 1. The van der Waals surface area contributed by atoms with E-state index in [-0.39, 0.29) is 18.6 Å². The molecule has 102 valence electrons. The van der Waals surface area contributed by atoms with Crippen LogP contribution in [0.4, 0.5) is 0 Å². The lowest BCUT2D eigenvalue weighted by Crippen LogP contribution is -2.36. The van der Waals surface area contributed by atoms with Gasteiger partial charge in [-0.2, -0.15) is 0 Å². The molecule has 1 aliphatic rings. The topological polar surface area (TPSA) is 49.3 Å². The van der Waals surface area contributed by atoms with Crippen LogP contribution in [0.3, 0.4) is 0 Å². The highest BCUT2D eigenvalue weighted by molar-refractivity contribution is 7.14. The number of aliphatic hydroxyl groups is 1. The molecular formula is C15H19NO2S. The maximum absolute atomic E-state index is 12.1. The molecule has 3 unspecified atom stereocenters. The minimum absolute atomic E-state index is 0.00648. The van der Waals surface area contributed by atoms with Gasteiger partial charge in [-0.05, 0) is 36.8 Å². The fourth-order valence-electron chi connectivity index (χ4n) is 2.46. The van der Waals surface area contributed by atoms with Gasteiger partial charge in [-0.1, -0.05) is 25.7 Å². The maximum Gasteiger partial charge on any atom is 0.261 e. The number of hydrogen-bond acceptors (Lipinski definition) is 3. The first-order valence-electron chi connectivity index (χ1n) is 6.62. The van der Waals surface area contributed by atoms with Gasteiger partial charge in [0.2, 0.25) is 0 Å². The van der Waals surface area contributed by atoms with Gasteiger partial charge in [-0.15, -0.1) is 11.3 Å². The molecule has 2 rings (SSSR count). The van der Waals surface area contributed by atoms with Crippen LogP contribution in [0.2, 0.25) is 0 Å². The van der Waals surface area contributed by atoms with Crippen molar-refractivity contribution >= 4 is 17.2 Å². The molecule has 1 heterocycles. The summed E-state index contributed by atoms with van der Waals surface area (Å²) in [4.78, 5) is 13.6. The summed E-state index contributed by atoms with van der Waals surface area (Å²) in [5.74, 6) is 6.62. The van der Waals surface area contributed by atoms with Gasteiger partial charge in [-0.25, -0.2) is 0 Å². The molecule has 19 heavy (non-hydrogen) atoms. The zero-order valence-electron chi connectivity index (χ0n) is 11.3. The quantitative estimate of drug-likeness (QED) is 0.815. The van der Waals surface area contributed by atoms with Crippen LogP contribution in [-0.4, -0.2) is 23.7 Å². The second-order valence-electron chi connectivity index (χ2n) is 5.12. The van der Waals surface area contributed by atoms with E-state index in [2.05, 4.69) is 31.0 Å². The first-order chi connectivity index (χ1) is 9.11. The molecule has 1 aliphatic carbocycles. The van der Waals surface area contributed by atoms with E-state index < -0.39 is 0 Å². The molecule has 0 bridgehead atoms. The predicted octanol–water partition coefficient (Wildman–Crippen LogP) is 2.26. The van der Waals surface area contributed by atoms with Gasteiger partial charge < -0.3 is 10.4 Å². The van der Waals surface area contributed by atoms with Crippen molar-refractivity contribution in [2.24, 2.45) is 11.8 Å². The van der Waals surface area contributed by atoms with Crippen molar-refractivity contribution in [2.75, 3.05) is 6.61 Å². The normalized spacial score (nSPS) is 25.7. The number of carbonyl (C=O) groups excluding carboxylic acids is 1. The van der Waals surface area contributed by atoms with Crippen LogP contribution in [0.5, 0.6) is 0 Å². The van der Waals surface area contributed by atoms with E-state index in [1.54, 1.807) is 6.07 Å². The Balaban J connectivity index is 1.98. The number of carbonyl (C=O) groups is 1. The van der Waals surface area contributed by atoms with Crippen molar-refractivity contribution < 1.29 is 9.90 Å². The predicted molar refractivity (Wildman–Crippen MR) is 77.1 cm³/mol. The summed E-state index contributed by atoms with van der Waals surface area (Å²) in [5.41, 5.74) is 0. The molecular weight excluding hydrogens is 258 g/mol. The van der Waals surface area contributed by atoms with Crippen LogP contribution in [0.15, 0.2) is 12.1 Å². The van der Waals surface area contributed by atoms with Crippen LogP contribution in [-0.2, 0) is 0 Å². The number of rotatable bonds is 2. The van der Waals surface area contributed by atoms with Crippen molar-refractivity contribution in [2.45, 2.75) is 32.7 Å². The first kappa shape index (κ1) is 14.1. The fraction of sp³-hybridized carbons (Fsp3) is 0.533. The Morgan fingerprint density at radius 1 is 1.47 bits per heavy atom. The van der Waals surface area contributed by atoms with Gasteiger partial charge >= 0.3 is 0 Å². The standard InChI is InChI=1S/C15H19NO2S/c1-10-5-7-13(11(10)2)16-15(18)14-8-6-12(19-14)4-3-9-17/h6,8,10-11,13,17H,5,7,9H2,1-2H3,(H,16,18). The second kappa shape index (κ2) is 6.23. The molecule has 0 aliphatic heterocycles. The first-order valence-corrected chi connectivity index (χ1v) is 7.44. The number of hydrogen-bond donors (Lipinski definition) is 2. The highest BCUT2D eigenvalue weighted by Crippen LogP contribution is 2.31. The summed E-state index contributed by atoms with van der Waals surface area (Å²) in [6.07, 6.45) is 2.25. The van der Waals surface area contributed by atoms with Crippen LogP contribution in [0.1, 0.15) is 41.2 Å². The van der Waals surface area contributed by atoms with E-state index in [4.69, 9.17) is 5.11 Å². The molecule has 0 spiro atoms. The summed E-state index contributed by atoms with van der Waals surface area (Å²) in [5, 5.41) is 11.8. The summed E-state index contributed by atoms with van der Waals surface area (Å²) >= 11 is 1.37. The molecule has 1 aromatic heterocycles. The lowest BCUT2D eigenvalue weighted by Gasteiger charge is -2.19. The summed E-state index contributed by atoms with van der Waals surface area (Å²) in [6.45, 7) is 4.29. The molecule has 3 atom stereocenters. The lowest BCUT2D eigenvalue weighted by atomic mass is 9.98. The molecule has 2 N–H and O–H groups in total. The van der Waals surface area contributed by atoms with E-state index in [1.807, 2.05) is 6.07 Å². The minimum Gasteiger partial charge on any atom is -0.384 e. The Morgan fingerprint density at radius 2 is 2.26 bits per heavy atom. The van der Waals surface area contributed by atoms with Crippen molar-refractivity contribution in [3.05, 3.63) is 21.9 Å². The van der Waals surface area contributed by atoms with Crippen molar-refractivity contribution in [1.29, 1.82) is 0 Å². The fourth-order valence-corrected chi connectivity index (χ4v) is 3.25. The molecule has 0 saturated heterocycles. The Morgan fingerprint density at radius 3 is 2.89 bits per heavy atom. The Bertz CT molecular complexity index is 512. The molecule has 1 saturated carbocycles. The Hall–Kier alpha value is -1.31. The summed E-state index contributed by atoms with van der Waals surface area (Å²) in [6, 6.07) is 3.91. The second-order valence-corrected chi connectivity index (χ2v) is 6.20. The average Bonchev–Trinajstić information content (AvgIpc) is 2.98. The molecule has 0 aromatic carbocycles. The van der Waals surface area contributed by atoms with Gasteiger partial charge in [0.25, 0.3) is 5.91 Å². The molecule has 4 heteroatoms. The van der Waals surface area contributed by atoms with Crippen molar-refractivity contribution in [3.63, 3.8) is 0 Å². The minimum atomic E-state index is -0.156. The largest absolute Gasteiger partial charge is 0.384 e. The zero-order chi connectivity index (χ0) is 13.8.